The number of ether oxygens (including phenoxy) is 3. The van der Waals surface area contributed by atoms with E-state index < -0.39 is 0 Å². The van der Waals surface area contributed by atoms with Crippen LogP contribution in [0.25, 0.3) is 0 Å². The molecule has 1 aliphatic heterocycles. The molecular weight excluding hydrogens is 384 g/mol. The first-order valence-corrected chi connectivity index (χ1v) is 11.5. The summed E-state index contributed by atoms with van der Waals surface area (Å²) in [7, 11) is 1.44. The summed E-state index contributed by atoms with van der Waals surface area (Å²) in [4.78, 5) is 11.8. The maximum Gasteiger partial charge on any atom is 0.308 e. The van der Waals surface area contributed by atoms with E-state index in [9.17, 15) is 4.79 Å². The topological polar surface area (TPSA) is 44.8 Å². The van der Waals surface area contributed by atoms with Crippen molar-refractivity contribution in [1.82, 2.24) is 0 Å². The maximum absolute atomic E-state index is 11.8. The Morgan fingerprint density at radius 1 is 1.34 bits per heavy atom. The number of hydrogen-bond acceptors (Lipinski definition) is 5. The van der Waals surface area contributed by atoms with Crippen molar-refractivity contribution < 1.29 is 19.0 Å². The molecule has 1 heterocycles. The summed E-state index contributed by atoms with van der Waals surface area (Å²) >= 11 is 4.48. The lowest BCUT2D eigenvalue weighted by Gasteiger charge is -2.29. The van der Waals surface area contributed by atoms with Gasteiger partial charge in [0, 0.05) is 6.61 Å². The van der Waals surface area contributed by atoms with Crippen LogP contribution < -0.4 is 0 Å². The number of thiol groups is 1. The van der Waals surface area contributed by atoms with E-state index in [0.29, 0.717) is 6.42 Å². The molecular formula is C24H38O4S. The van der Waals surface area contributed by atoms with Crippen LogP contribution in [0.4, 0.5) is 0 Å². The summed E-state index contributed by atoms with van der Waals surface area (Å²) in [6, 6.07) is 8.44. The predicted octanol–water partition coefficient (Wildman–Crippen LogP) is 5.75. The van der Waals surface area contributed by atoms with Crippen molar-refractivity contribution in [2.45, 2.75) is 78.1 Å². The number of carbonyl (C=O) groups is 1. The molecule has 0 bridgehead atoms. The van der Waals surface area contributed by atoms with Crippen LogP contribution in [0.2, 0.25) is 0 Å². The molecule has 5 heteroatoms. The quantitative estimate of drug-likeness (QED) is 0.364. The summed E-state index contributed by atoms with van der Waals surface area (Å²) in [6.45, 7) is 7.20. The second-order valence-electron chi connectivity index (χ2n) is 9.01. The van der Waals surface area contributed by atoms with Crippen LogP contribution in [0.1, 0.15) is 76.5 Å². The fraction of sp³-hybridized carbons (Fsp3) is 0.708. The molecule has 0 N–H and O–H groups in total. The monoisotopic (exact) mass is 422 g/mol. The number of esters is 1. The molecule has 1 aromatic rings. The molecule has 1 aliphatic rings. The first-order chi connectivity index (χ1) is 13.8. The van der Waals surface area contributed by atoms with Gasteiger partial charge in [-0.1, -0.05) is 45.0 Å². The van der Waals surface area contributed by atoms with Gasteiger partial charge < -0.3 is 14.2 Å². The van der Waals surface area contributed by atoms with Gasteiger partial charge in [0.1, 0.15) is 0 Å². The molecule has 0 amide bonds. The van der Waals surface area contributed by atoms with Crippen LogP contribution in [0, 0.1) is 11.3 Å². The van der Waals surface area contributed by atoms with E-state index in [1.54, 1.807) is 0 Å². The highest BCUT2D eigenvalue weighted by Gasteiger charge is 2.23. The molecule has 2 rings (SSSR count). The molecule has 1 fully saturated rings. The number of carbonyl (C=O) groups excluding carboxylic acids is 1. The Morgan fingerprint density at radius 2 is 2.14 bits per heavy atom. The van der Waals surface area contributed by atoms with Gasteiger partial charge in [-0.05, 0) is 67.2 Å². The Kier molecular flexibility index (Phi) is 10.0. The SMILES string of the molecule is COC(=O)[C@@H](C)Cc1cccc(C(CCCC(C)(C)CS)OC2CCCCO2)c1. The van der Waals surface area contributed by atoms with Crippen LogP contribution in [0.5, 0.6) is 0 Å². The van der Waals surface area contributed by atoms with E-state index in [1.807, 2.05) is 6.92 Å². The van der Waals surface area contributed by atoms with E-state index in [-0.39, 0.29) is 29.7 Å². The van der Waals surface area contributed by atoms with Gasteiger partial charge in [0.2, 0.25) is 0 Å². The Balaban J connectivity index is 2.09. The molecule has 0 spiro atoms. The molecule has 0 radical (unpaired) electrons. The molecule has 4 nitrogen and oxygen atoms in total. The number of methoxy groups -OCH3 is 1. The summed E-state index contributed by atoms with van der Waals surface area (Å²) < 4.78 is 17.1. The predicted molar refractivity (Wildman–Crippen MR) is 120 cm³/mol. The standard InChI is InChI=1S/C24H38O4S/c1-18(23(25)26-4)15-19-9-7-10-20(16-19)21(11-8-13-24(2,3)17-29)28-22-12-5-6-14-27-22/h7,9-10,16,18,21-22,29H,5-6,8,11-15,17H2,1-4H3/t18-,21?,22?/m0/s1. The van der Waals surface area contributed by atoms with E-state index in [2.05, 4.69) is 50.7 Å². The molecule has 3 atom stereocenters. The van der Waals surface area contributed by atoms with Crippen LogP contribution in [0.15, 0.2) is 24.3 Å². The van der Waals surface area contributed by atoms with Gasteiger partial charge in [0.05, 0.1) is 19.1 Å². The summed E-state index contributed by atoms with van der Waals surface area (Å²) in [5.41, 5.74) is 2.53. The minimum Gasteiger partial charge on any atom is -0.469 e. The molecule has 164 valence electrons. The van der Waals surface area contributed by atoms with Crippen molar-refractivity contribution in [3.05, 3.63) is 35.4 Å². The van der Waals surface area contributed by atoms with E-state index in [1.165, 1.54) is 7.11 Å². The lowest BCUT2D eigenvalue weighted by atomic mass is 9.88. The van der Waals surface area contributed by atoms with Crippen molar-refractivity contribution >= 4 is 18.6 Å². The van der Waals surface area contributed by atoms with E-state index in [0.717, 1.165) is 62.0 Å². The number of rotatable bonds is 11. The van der Waals surface area contributed by atoms with Gasteiger partial charge >= 0.3 is 5.97 Å². The fourth-order valence-electron chi connectivity index (χ4n) is 3.72. The minimum atomic E-state index is -0.173. The van der Waals surface area contributed by atoms with Gasteiger partial charge in [-0.25, -0.2) is 0 Å². The van der Waals surface area contributed by atoms with Gasteiger partial charge in [-0.3, -0.25) is 4.79 Å². The first-order valence-electron chi connectivity index (χ1n) is 10.9. The molecule has 29 heavy (non-hydrogen) atoms. The van der Waals surface area contributed by atoms with Crippen LogP contribution in [0.3, 0.4) is 0 Å². The highest BCUT2D eigenvalue weighted by Crippen LogP contribution is 2.32. The van der Waals surface area contributed by atoms with Gasteiger partial charge in [0.15, 0.2) is 6.29 Å². The molecule has 1 aromatic carbocycles. The van der Waals surface area contributed by atoms with Crippen LogP contribution >= 0.6 is 12.6 Å². The Bertz CT molecular complexity index is 625. The first kappa shape index (κ1) is 24.2. The highest BCUT2D eigenvalue weighted by molar-refractivity contribution is 7.80. The smallest absolute Gasteiger partial charge is 0.308 e. The second kappa shape index (κ2) is 12.0. The van der Waals surface area contributed by atoms with Crippen molar-refractivity contribution in [2.75, 3.05) is 19.5 Å². The molecule has 2 unspecified atom stereocenters. The van der Waals surface area contributed by atoms with Gasteiger partial charge in [0.25, 0.3) is 0 Å². The molecule has 0 aromatic heterocycles. The van der Waals surface area contributed by atoms with Gasteiger partial charge in [-0.2, -0.15) is 12.6 Å². The molecule has 0 saturated carbocycles. The molecule has 0 aliphatic carbocycles. The Labute approximate surface area is 182 Å². The third-order valence-electron chi connectivity index (χ3n) is 5.67. The van der Waals surface area contributed by atoms with Crippen molar-refractivity contribution in [3.63, 3.8) is 0 Å². The Hall–Kier alpha value is -1.04. The van der Waals surface area contributed by atoms with Crippen molar-refractivity contribution in [2.24, 2.45) is 11.3 Å². The fourth-order valence-corrected chi connectivity index (χ4v) is 3.88. The Morgan fingerprint density at radius 3 is 2.79 bits per heavy atom. The maximum atomic E-state index is 11.8. The van der Waals surface area contributed by atoms with E-state index >= 15 is 0 Å². The third-order valence-corrected chi connectivity index (χ3v) is 6.53. The number of hydrogen-bond donors (Lipinski definition) is 1. The van der Waals surface area contributed by atoms with Crippen molar-refractivity contribution in [3.8, 4) is 0 Å². The normalized spacial score (nSPS) is 19.6. The average Bonchev–Trinajstić information content (AvgIpc) is 2.73. The van der Waals surface area contributed by atoms with Crippen LogP contribution in [-0.4, -0.2) is 31.7 Å². The lowest BCUT2D eigenvalue weighted by molar-refractivity contribution is -0.191. The zero-order valence-electron chi connectivity index (χ0n) is 18.5. The third kappa shape index (κ3) is 8.31. The lowest BCUT2D eigenvalue weighted by Crippen LogP contribution is -2.25. The average molecular weight is 423 g/mol. The van der Waals surface area contributed by atoms with Crippen molar-refractivity contribution in [1.29, 1.82) is 0 Å². The van der Waals surface area contributed by atoms with E-state index in [4.69, 9.17) is 14.2 Å². The minimum absolute atomic E-state index is 0.00204. The largest absolute Gasteiger partial charge is 0.469 e. The zero-order chi connectivity index (χ0) is 21.3. The summed E-state index contributed by atoms with van der Waals surface area (Å²) in [6.07, 6.45) is 6.91. The summed E-state index contributed by atoms with van der Waals surface area (Å²) in [5, 5.41) is 0. The highest BCUT2D eigenvalue weighted by atomic mass is 32.1. The number of benzene rings is 1. The van der Waals surface area contributed by atoms with Gasteiger partial charge in [-0.15, -0.1) is 0 Å². The summed E-state index contributed by atoms with van der Waals surface area (Å²) in [5.74, 6) is 0.547. The van der Waals surface area contributed by atoms with Crippen LogP contribution in [-0.2, 0) is 25.4 Å². The molecule has 1 saturated heterocycles. The zero-order valence-corrected chi connectivity index (χ0v) is 19.4. The second-order valence-corrected chi connectivity index (χ2v) is 9.33.